The van der Waals surface area contributed by atoms with Crippen molar-refractivity contribution in [1.82, 2.24) is 10.3 Å². The van der Waals surface area contributed by atoms with Crippen LogP contribution in [-0.4, -0.2) is 34.7 Å². The van der Waals surface area contributed by atoms with Crippen LogP contribution in [0.4, 0.5) is 11.5 Å². The highest BCUT2D eigenvalue weighted by Gasteiger charge is 2.15. The number of amides is 1. The Morgan fingerprint density at radius 2 is 1.96 bits per heavy atom. The van der Waals surface area contributed by atoms with E-state index in [1.165, 1.54) is 29.6 Å². The van der Waals surface area contributed by atoms with Gasteiger partial charge in [-0.15, -0.1) is 11.8 Å². The van der Waals surface area contributed by atoms with Crippen LogP contribution in [-0.2, 0) is 10.2 Å². The highest BCUT2D eigenvalue weighted by atomic mass is 32.2. The monoisotopic (exact) mass is 402 g/mol. The minimum Gasteiger partial charge on any atom is -0.368 e. The van der Waals surface area contributed by atoms with Gasteiger partial charge in [-0.25, -0.2) is 4.98 Å². The third-order valence-electron chi connectivity index (χ3n) is 4.12. The zero-order chi connectivity index (χ0) is 20.7. The van der Waals surface area contributed by atoms with Crippen molar-refractivity contribution in [1.29, 1.82) is 0 Å². The summed E-state index contributed by atoms with van der Waals surface area (Å²) in [5, 5.41) is 16.5. The lowest BCUT2D eigenvalue weighted by Gasteiger charge is -2.20. The molecular weight excluding hydrogens is 376 g/mol. The van der Waals surface area contributed by atoms with Gasteiger partial charge in [0.25, 0.3) is 5.69 Å². The Balaban J connectivity index is 1.75. The maximum Gasteiger partial charge on any atom is 0.287 e. The second-order valence-corrected chi connectivity index (χ2v) is 8.47. The van der Waals surface area contributed by atoms with Gasteiger partial charge in [0, 0.05) is 24.1 Å². The summed E-state index contributed by atoms with van der Waals surface area (Å²) >= 11 is 1.54. The van der Waals surface area contributed by atoms with Crippen LogP contribution in [0.5, 0.6) is 0 Å². The van der Waals surface area contributed by atoms with Crippen molar-refractivity contribution in [3.05, 3.63) is 57.8 Å². The number of hydrogen-bond acceptors (Lipinski definition) is 6. The normalized spacial score (nSPS) is 11.1. The SMILES string of the molecule is Cc1ccc(C(C)(C)C)cc1SCC(=O)NCCNc1ccc([N+](=O)[O-])cn1. The molecule has 7 nitrogen and oxygen atoms in total. The molecule has 0 bridgehead atoms. The van der Waals surface area contributed by atoms with E-state index in [2.05, 4.69) is 54.6 Å². The lowest BCUT2D eigenvalue weighted by molar-refractivity contribution is -0.385. The summed E-state index contributed by atoms with van der Waals surface area (Å²) in [4.78, 5) is 27.3. The second-order valence-electron chi connectivity index (χ2n) is 7.45. The van der Waals surface area contributed by atoms with E-state index in [0.29, 0.717) is 24.7 Å². The molecule has 0 spiro atoms. The van der Waals surface area contributed by atoms with Gasteiger partial charge in [-0.1, -0.05) is 32.9 Å². The summed E-state index contributed by atoms with van der Waals surface area (Å²) in [5.41, 5.74) is 2.43. The van der Waals surface area contributed by atoms with E-state index >= 15 is 0 Å². The first kappa shape index (κ1) is 21.7. The number of pyridine rings is 1. The topological polar surface area (TPSA) is 97.2 Å². The van der Waals surface area contributed by atoms with Gasteiger partial charge in [0.2, 0.25) is 5.91 Å². The third kappa shape index (κ3) is 6.53. The average Bonchev–Trinajstić information content (AvgIpc) is 2.64. The Morgan fingerprint density at radius 1 is 1.21 bits per heavy atom. The van der Waals surface area contributed by atoms with E-state index in [9.17, 15) is 14.9 Å². The van der Waals surface area contributed by atoms with E-state index in [1.54, 1.807) is 6.07 Å². The molecule has 2 N–H and O–H groups in total. The zero-order valence-corrected chi connectivity index (χ0v) is 17.4. The predicted octanol–water partition coefficient (Wildman–Crippen LogP) is 3.92. The Kier molecular flexibility index (Phi) is 7.39. The molecule has 1 aromatic carbocycles. The number of anilines is 1. The zero-order valence-electron chi connectivity index (χ0n) is 16.6. The first-order chi connectivity index (χ1) is 13.2. The van der Waals surface area contributed by atoms with Crippen LogP contribution >= 0.6 is 11.8 Å². The van der Waals surface area contributed by atoms with Crippen LogP contribution in [0.2, 0.25) is 0 Å². The molecule has 0 saturated heterocycles. The quantitative estimate of drug-likeness (QED) is 0.301. The Hall–Kier alpha value is -2.61. The first-order valence-corrected chi connectivity index (χ1v) is 10.0. The van der Waals surface area contributed by atoms with Crippen molar-refractivity contribution in [2.45, 2.75) is 38.0 Å². The molecule has 0 saturated carbocycles. The summed E-state index contributed by atoms with van der Waals surface area (Å²) in [6.45, 7) is 9.50. The van der Waals surface area contributed by atoms with Gasteiger partial charge in [0.05, 0.1) is 10.7 Å². The molecule has 1 heterocycles. The molecular formula is C20H26N4O3S. The Labute approximate surface area is 169 Å². The van der Waals surface area contributed by atoms with Gasteiger partial charge < -0.3 is 10.6 Å². The largest absolute Gasteiger partial charge is 0.368 e. The van der Waals surface area contributed by atoms with Crippen LogP contribution < -0.4 is 10.6 Å². The summed E-state index contributed by atoms with van der Waals surface area (Å²) in [5.74, 6) is 0.845. The number of carbonyl (C=O) groups excluding carboxylic acids is 1. The fourth-order valence-corrected chi connectivity index (χ4v) is 3.30. The molecule has 8 heteroatoms. The number of hydrogen-bond donors (Lipinski definition) is 2. The first-order valence-electron chi connectivity index (χ1n) is 9.02. The molecule has 2 aromatic rings. The minimum atomic E-state index is -0.492. The molecule has 2 rings (SSSR count). The Morgan fingerprint density at radius 3 is 2.57 bits per heavy atom. The van der Waals surface area contributed by atoms with Gasteiger partial charge in [-0.2, -0.15) is 0 Å². The Bertz CT molecular complexity index is 832. The van der Waals surface area contributed by atoms with Crippen LogP contribution in [0.3, 0.4) is 0 Å². The van der Waals surface area contributed by atoms with Crippen molar-refractivity contribution >= 4 is 29.2 Å². The number of nitrogens with one attached hydrogen (secondary N) is 2. The van der Waals surface area contributed by atoms with Crippen molar-refractivity contribution in [3.63, 3.8) is 0 Å². The van der Waals surface area contributed by atoms with Crippen molar-refractivity contribution in [2.24, 2.45) is 0 Å². The number of nitro groups is 1. The maximum atomic E-state index is 12.1. The second kappa shape index (κ2) is 9.54. The van der Waals surface area contributed by atoms with Crippen LogP contribution in [0.15, 0.2) is 41.4 Å². The van der Waals surface area contributed by atoms with Crippen molar-refractivity contribution in [3.8, 4) is 0 Å². The minimum absolute atomic E-state index is 0.0379. The standard InChI is InChI=1S/C20H26N4O3S/c1-14-5-6-15(20(2,3)4)11-17(14)28-13-19(25)22-10-9-21-18-8-7-16(12-23-18)24(26)27/h5-8,11-12H,9-10,13H2,1-4H3,(H,21,23)(H,22,25). The molecule has 0 aliphatic heterocycles. The molecule has 150 valence electrons. The number of benzene rings is 1. The number of thioether (sulfide) groups is 1. The molecule has 0 aliphatic carbocycles. The highest BCUT2D eigenvalue weighted by molar-refractivity contribution is 8.00. The van der Waals surface area contributed by atoms with Crippen LogP contribution in [0.25, 0.3) is 0 Å². The van der Waals surface area contributed by atoms with E-state index in [-0.39, 0.29) is 17.0 Å². The number of nitrogens with zero attached hydrogens (tertiary/aromatic N) is 2. The molecule has 1 aromatic heterocycles. The van der Waals surface area contributed by atoms with Crippen molar-refractivity contribution < 1.29 is 9.72 Å². The molecule has 0 radical (unpaired) electrons. The van der Waals surface area contributed by atoms with E-state index in [0.717, 1.165) is 10.5 Å². The molecule has 0 fully saturated rings. The maximum absolute atomic E-state index is 12.1. The van der Waals surface area contributed by atoms with Gasteiger partial charge in [-0.3, -0.25) is 14.9 Å². The predicted molar refractivity (Wildman–Crippen MR) is 113 cm³/mol. The van der Waals surface area contributed by atoms with Gasteiger partial charge in [0.1, 0.15) is 12.0 Å². The van der Waals surface area contributed by atoms with E-state index in [1.807, 2.05) is 6.92 Å². The number of aryl methyl sites for hydroxylation is 1. The van der Waals surface area contributed by atoms with Gasteiger partial charge in [-0.05, 0) is 35.6 Å². The van der Waals surface area contributed by atoms with Gasteiger partial charge >= 0.3 is 0 Å². The van der Waals surface area contributed by atoms with E-state index in [4.69, 9.17) is 0 Å². The lowest BCUT2D eigenvalue weighted by atomic mass is 9.87. The summed E-state index contributed by atoms with van der Waals surface area (Å²) in [7, 11) is 0. The van der Waals surface area contributed by atoms with E-state index < -0.39 is 4.92 Å². The molecule has 0 aliphatic rings. The third-order valence-corrected chi connectivity index (χ3v) is 5.28. The number of rotatable bonds is 8. The number of carbonyl (C=O) groups is 1. The van der Waals surface area contributed by atoms with Gasteiger partial charge in [0.15, 0.2) is 0 Å². The fraction of sp³-hybridized carbons (Fsp3) is 0.400. The lowest BCUT2D eigenvalue weighted by Crippen LogP contribution is -2.30. The molecule has 0 unspecified atom stereocenters. The summed E-state index contributed by atoms with van der Waals surface area (Å²) in [6, 6.07) is 9.33. The smallest absolute Gasteiger partial charge is 0.287 e. The average molecular weight is 403 g/mol. The summed E-state index contributed by atoms with van der Waals surface area (Å²) < 4.78 is 0. The van der Waals surface area contributed by atoms with Crippen LogP contribution in [0, 0.1) is 17.0 Å². The van der Waals surface area contributed by atoms with Crippen molar-refractivity contribution in [2.75, 3.05) is 24.2 Å². The number of aromatic nitrogens is 1. The summed E-state index contributed by atoms with van der Waals surface area (Å²) in [6.07, 6.45) is 1.20. The highest BCUT2D eigenvalue weighted by Crippen LogP contribution is 2.29. The molecule has 0 atom stereocenters. The van der Waals surface area contributed by atoms with Crippen LogP contribution in [0.1, 0.15) is 31.9 Å². The molecule has 28 heavy (non-hydrogen) atoms. The fourth-order valence-electron chi connectivity index (χ4n) is 2.41. The molecule has 1 amide bonds.